The molecular formula is C21H22N4O2S. The number of nitrogens with one attached hydrogen (secondary N) is 2. The van der Waals surface area contributed by atoms with Crippen LogP contribution in [0.5, 0.6) is 0 Å². The Hall–Kier alpha value is -2.74. The molecule has 2 N–H and O–H groups in total. The van der Waals surface area contributed by atoms with E-state index in [1.807, 2.05) is 55.4 Å². The molecule has 2 aromatic heterocycles. The van der Waals surface area contributed by atoms with Crippen molar-refractivity contribution in [1.82, 2.24) is 19.6 Å². The number of pyridine rings is 1. The first kappa shape index (κ1) is 18.6. The van der Waals surface area contributed by atoms with Gasteiger partial charge in [0.2, 0.25) is 10.0 Å². The minimum atomic E-state index is -3.63. The van der Waals surface area contributed by atoms with Crippen molar-refractivity contribution in [2.75, 3.05) is 20.6 Å². The van der Waals surface area contributed by atoms with Crippen molar-refractivity contribution in [3.05, 3.63) is 72.6 Å². The SMILES string of the molecule is CN(C)C(CNS(=O)(=O)c1ccc2cc[nH]c2c1)c1cccc2ncccc12. The van der Waals surface area contributed by atoms with Crippen LogP contribution in [0.15, 0.2) is 71.9 Å². The minimum absolute atomic E-state index is 0.128. The van der Waals surface area contributed by atoms with Crippen molar-refractivity contribution in [3.8, 4) is 0 Å². The first-order valence-electron chi connectivity index (χ1n) is 9.02. The predicted octanol–water partition coefficient (Wildman–Crippen LogP) is 3.30. The Balaban J connectivity index is 1.63. The van der Waals surface area contributed by atoms with Gasteiger partial charge < -0.3 is 9.88 Å². The summed E-state index contributed by atoms with van der Waals surface area (Å²) < 4.78 is 28.5. The predicted molar refractivity (Wildman–Crippen MR) is 112 cm³/mol. The van der Waals surface area contributed by atoms with Crippen LogP contribution in [0.2, 0.25) is 0 Å². The van der Waals surface area contributed by atoms with Crippen LogP contribution >= 0.6 is 0 Å². The smallest absolute Gasteiger partial charge is 0.240 e. The first-order valence-corrected chi connectivity index (χ1v) is 10.5. The third kappa shape index (κ3) is 3.52. The Bertz CT molecular complexity index is 1230. The van der Waals surface area contributed by atoms with Crippen LogP contribution in [-0.4, -0.2) is 43.9 Å². The molecule has 28 heavy (non-hydrogen) atoms. The molecule has 0 amide bonds. The topological polar surface area (TPSA) is 78.1 Å². The molecule has 7 heteroatoms. The summed E-state index contributed by atoms with van der Waals surface area (Å²) in [5.41, 5.74) is 2.73. The quantitative estimate of drug-likeness (QED) is 0.526. The Morgan fingerprint density at radius 1 is 1.11 bits per heavy atom. The van der Waals surface area contributed by atoms with E-state index in [9.17, 15) is 8.42 Å². The molecule has 144 valence electrons. The first-order chi connectivity index (χ1) is 13.5. The highest BCUT2D eigenvalue weighted by atomic mass is 32.2. The van der Waals surface area contributed by atoms with Gasteiger partial charge in [-0.2, -0.15) is 0 Å². The molecule has 0 saturated heterocycles. The maximum atomic E-state index is 12.9. The van der Waals surface area contributed by atoms with E-state index in [2.05, 4.69) is 14.7 Å². The van der Waals surface area contributed by atoms with E-state index < -0.39 is 10.0 Å². The van der Waals surface area contributed by atoms with Gasteiger partial charge in [0.05, 0.1) is 10.4 Å². The van der Waals surface area contributed by atoms with E-state index in [1.54, 1.807) is 30.6 Å². The zero-order valence-corrected chi connectivity index (χ0v) is 16.6. The summed E-state index contributed by atoms with van der Waals surface area (Å²) in [6.45, 7) is 0.256. The standard InChI is InChI=1S/C21H22N4O2S/c1-25(2)21(18-5-3-7-19-17(18)6-4-11-22-19)14-24-28(26,27)16-9-8-15-10-12-23-20(15)13-16/h3-13,21,23-24H,14H2,1-2H3. The summed E-state index contributed by atoms with van der Waals surface area (Å²) in [7, 11) is 0.255. The molecule has 0 saturated carbocycles. The second-order valence-corrected chi connectivity index (χ2v) is 8.74. The lowest BCUT2D eigenvalue weighted by atomic mass is 10.0. The van der Waals surface area contributed by atoms with Crippen LogP contribution in [0.3, 0.4) is 0 Å². The number of sulfonamides is 1. The zero-order valence-electron chi connectivity index (χ0n) is 15.8. The molecule has 0 radical (unpaired) electrons. The molecule has 6 nitrogen and oxygen atoms in total. The van der Waals surface area contributed by atoms with Crippen LogP contribution < -0.4 is 4.72 Å². The van der Waals surface area contributed by atoms with E-state index in [0.717, 1.165) is 27.4 Å². The summed E-state index contributed by atoms with van der Waals surface area (Å²) in [6, 6.07) is 16.7. The van der Waals surface area contributed by atoms with Gasteiger partial charge in [-0.05, 0) is 55.4 Å². The van der Waals surface area contributed by atoms with Crippen molar-refractivity contribution in [2.45, 2.75) is 10.9 Å². The molecule has 0 spiro atoms. The number of H-pyrrole nitrogens is 1. The fourth-order valence-electron chi connectivity index (χ4n) is 3.45. The molecule has 2 aromatic carbocycles. The number of benzene rings is 2. The van der Waals surface area contributed by atoms with E-state index in [1.165, 1.54) is 0 Å². The molecule has 2 heterocycles. The monoisotopic (exact) mass is 394 g/mol. The summed E-state index contributed by atoms with van der Waals surface area (Å²) in [4.78, 5) is 9.72. The van der Waals surface area contributed by atoms with Gasteiger partial charge in [0.25, 0.3) is 0 Å². The van der Waals surface area contributed by atoms with E-state index >= 15 is 0 Å². The zero-order chi connectivity index (χ0) is 19.7. The number of fused-ring (bicyclic) bond motifs is 2. The van der Waals surface area contributed by atoms with Gasteiger partial charge in [0.15, 0.2) is 0 Å². The molecule has 1 unspecified atom stereocenters. The molecule has 1 atom stereocenters. The van der Waals surface area contributed by atoms with Crippen molar-refractivity contribution in [2.24, 2.45) is 0 Å². The third-order valence-corrected chi connectivity index (χ3v) is 6.39. The van der Waals surface area contributed by atoms with Crippen molar-refractivity contribution >= 4 is 31.8 Å². The van der Waals surface area contributed by atoms with Crippen molar-refractivity contribution in [3.63, 3.8) is 0 Å². The van der Waals surface area contributed by atoms with Gasteiger partial charge in [-0.3, -0.25) is 4.98 Å². The molecule has 4 aromatic rings. The highest BCUT2D eigenvalue weighted by molar-refractivity contribution is 7.89. The summed E-state index contributed by atoms with van der Waals surface area (Å²) in [5.74, 6) is 0. The van der Waals surface area contributed by atoms with Crippen LogP contribution in [0.4, 0.5) is 0 Å². The number of likely N-dealkylation sites (N-methyl/N-ethyl adjacent to an activating group) is 1. The number of hydrogen-bond acceptors (Lipinski definition) is 4. The average Bonchev–Trinajstić information content (AvgIpc) is 3.16. The normalized spacial score (nSPS) is 13.4. The van der Waals surface area contributed by atoms with Gasteiger partial charge in [0, 0.05) is 35.9 Å². The van der Waals surface area contributed by atoms with Crippen LogP contribution in [0.1, 0.15) is 11.6 Å². The van der Waals surface area contributed by atoms with E-state index in [4.69, 9.17) is 0 Å². The van der Waals surface area contributed by atoms with Crippen LogP contribution in [0.25, 0.3) is 21.8 Å². The van der Waals surface area contributed by atoms with E-state index in [0.29, 0.717) is 0 Å². The van der Waals surface area contributed by atoms with Crippen LogP contribution in [-0.2, 0) is 10.0 Å². The molecular weight excluding hydrogens is 372 g/mol. The second kappa shape index (κ2) is 7.35. The van der Waals surface area contributed by atoms with Gasteiger partial charge >= 0.3 is 0 Å². The van der Waals surface area contributed by atoms with E-state index in [-0.39, 0.29) is 17.5 Å². The highest BCUT2D eigenvalue weighted by Crippen LogP contribution is 2.26. The number of rotatable bonds is 6. The lowest BCUT2D eigenvalue weighted by molar-refractivity contribution is 0.301. The van der Waals surface area contributed by atoms with Gasteiger partial charge in [-0.15, -0.1) is 0 Å². The second-order valence-electron chi connectivity index (χ2n) is 6.98. The van der Waals surface area contributed by atoms with Gasteiger partial charge in [0.1, 0.15) is 0 Å². The van der Waals surface area contributed by atoms with Crippen molar-refractivity contribution in [1.29, 1.82) is 0 Å². The van der Waals surface area contributed by atoms with Crippen LogP contribution in [0, 0.1) is 0 Å². The Morgan fingerprint density at radius 3 is 2.79 bits per heavy atom. The summed E-state index contributed by atoms with van der Waals surface area (Å²) >= 11 is 0. The maximum absolute atomic E-state index is 12.9. The minimum Gasteiger partial charge on any atom is -0.361 e. The Kier molecular flexibility index (Phi) is 4.89. The molecule has 0 bridgehead atoms. The molecule has 0 aliphatic heterocycles. The lowest BCUT2D eigenvalue weighted by Crippen LogP contribution is -2.34. The molecule has 0 aliphatic rings. The lowest BCUT2D eigenvalue weighted by Gasteiger charge is -2.26. The third-order valence-electron chi connectivity index (χ3n) is 4.97. The number of nitrogens with zero attached hydrogens (tertiary/aromatic N) is 2. The molecule has 4 rings (SSSR count). The summed E-state index contributed by atoms with van der Waals surface area (Å²) in [6.07, 6.45) is 3.56. The molecule has 0 aliphatic carbocycles. The fourth-order valence-corrected chi connectivity index (χ4v) is 4.52. The van der Waals surface area contributed by atoms with Crippen molar-refractivity contribution < 1.29 is 8.42 Å². The fraction of sp³-hybridized carbons (Fsp3) is 0.190. The number of aromatic amines is 1. The van der Waals surface area contributed by atoms with Gasteiger partial charge in [-0.25, -0.2) is 13.1 Å². The maximum Gasteiger partial charge on any atom is 0.240 e. The highest BCUT2D eigenvalue weighted by Gasteiger charge is 2.21. The average molecular weight is 395 g/mol. The Morgan fingerprint density at radius 2 is 1.96 bits per heavy atom. The number of aromatic nitrogens is 2. The number of hydrogen-bond donors (Lipinski definition) is 2. The summed E-state index contributed by atoms with van der Waals surface area (Å²) in [5, 5.41) is 2.00. The molecule has 0 fully saturated rings. The Labute approximate surface area is 164 Å². The van der Waals surface area contributed by atoms with Gasteiger partial charge in [-0.1, -0.05) is 24.3 Å². The largest absolute Gasteiger partial charge is 0.361 e.